The minimum absolute atomic E-state index is 0.161. The van der Waals surface area contributed by atoms with Crippen LogP contribution in [0.15, 0.2) is 47.4 Å². The molecule has 0 aliphatic carbocycles. The van der Waals surface area contributed by atoms with Crippen molar-refractivity contribution >= 4 is 21.6 Å². The van der Waals surface area contributed by atoms with E-state index < -0.39 is 10.0 Å². The minimum atomic E-state index is -3.61. The standard InChI is InChI=1S/C20H24N2O3S/c1-4-21(5-2)26(24,25)19-14-17(11-10-15(19)3)20(23)22-13-12-16-8-6-7-9-18(16)22/h6-11,14H,4-5,12-13H2,1-3H3. The van der Waals surface area contributed by atoms with E-state index in [1.165, 1.54) is 10.4 Å². The first kappa shape index (κ1) is 18.6. The maximum absolute atomic E-state index is 13.0. The zero-order valence-corrected chi connectivity index (χ0v) is 16.2. The lowest BCUT2D eigenvalue weighted by molar-refractivity contribution is 0.0989. The molecule has 0 bridgehead atoms. The molecule has 26 heavy (non-hydrogen) atoms. The molecule has 0 saturated heterocycles. The number of fused-ring (bicyclic) bond motifs is 1. The van der Waals surface area contributed by atoms with Crippen LogP contribution in [0, 0.1) is 6.92 Å². The third kappa shape index (κ3) is 3.15. The summed E-state index contributed by atoms with van der Waals surface area (Å²) in [5.41, 5.74) is 3.10. The summed E-state index contributed by atoms with van der Waals surface area (Å²) < 4.78 is 27.2. The van der Waals surface area contributed by atoms with Crippen molar-refractivity contribution in [3.63, 3.8) is 0 Å². The number of aryl methyl sites for hydroxylation is 1. The molecule has 0 spiro atoms. The number of amides is 1. The van der Waals surface area contributed by atoms with Crippen molar-refractivity contribution in [3.8, 4) is 0 Å². The Morgan fingerprint density at radius 3 is 2.50 bits per heavy atom. The van der Waals surface area contributed by atoms with E-state index in [4.69, 9.17) is 0 Å². The average molecular weight is 372 g/mol. The van der Waals surface area contributed by atoms with Crippen LogP contribution in [-0.4, -0.2) is 38.3 Å². The van der Waals surface area contributed by atoms with Gasteiger partial charge in [0, 0.05) is 30.9 Å². The number of nitrogens with zero attached hydrogens (tertiary/aromatic N) is 2. The lowest BCUT2D eigenvalue weighted by atomic mass is 10.1. The monoisotopic (exact) mass is 372 g/mol. The van der Waals surface area contributed by atoms with Crippen molar-refractivity contribution in [2.45, 2.75) is 32.1 Å². The minimum Gasteiger partial charge on any atom is -0.308 e. The van der Waals surface area contributed by atoms with Gasteiger partial charge in [-0.05, 0) is 42.7 Å². The summed E-state index contributed by atoms with van der Waals surface area (Å²) in [6.07, 6.45) is 0.818. The van der Waals surface area contributed by atoms with Crippen molar-refractivity contribution in [2.24, 2.45) is 0 Å². The first-order valence-electron chi connectivity index (χ1n) is 8.90. The van der Waals surface area contributed by atoms with Crippen LogP contribution in [0.4, 0.5) is 5.69 Å². The molecule has 0 N–H and O–H groups in total. The van der Waals surface area contributed by atoms with Gasteiger partial charge in [-0.1, -0.05) is 38.1 Å². The number of carbonyl (C=O) groups is 1. The SMILES string of the molecule is CCN(CC)S(=O)(=O)c1cc(C(=O)N2CCc3ccccc32)ccc1C. The first-order chi connectivity index (χ1) is 12.4. The van der Waals surface area contributed by atoms with Gasteiger partial charge >= 0.3 is 0 Å². The molecular formula is C20H24N2O3S. The number of hydrogen-bond acceptors (Lipinski definition) is 3. The Hall–Kier alpha value is -2.18. The summed E-state index contributed by atoms with van der Waals surface area (Å²) >= 11 is 0. The van der Waals surface area contributed by atoms with E-state index in [1.54, 1.807) is 24.0 Å². The normalized spacial score (nSPS) is 13.9. The molecule has 0 radical (unpaired) electrons. The summed E-state index contributed by atoms with van der Waals surface area (Å²) in [4.78, 5) is 15.0. The van der Waals surface area contributed by atoms with Gasteiger partial charge in [0.2, 0.25) is 10.0 Å². The fourth-order valence-corrected chi connectivity index (χ4v) is 5.13. The predicted octanol–water partition coefficient (Wildman–Crippen LogP) is 3.23. The quantitative estimate of drug-likeness (QED) is 0.810. The molecule has 0 saturated carbocycles. The van der Waals surface area contributed by atoms with Crippen molar-refractivity contribution in [3.05, 3.63) is 59.2 Å². The molecule has 1 amide bonds. The number of sulfonamides is 1. The molecule has 2 aromatic carbocycles. The van der Waals surface area contributed by atoms with Crippen molar-refractivity contribution in [1.29, 1.82) is 0 Å². The fraction of sp³-hybridized carbons (Fsp3) is 0.350. The predicted molar refractivity (Wildman–Crippen MR) is 103 cm³/mol. The summed E-state index contributed by atoms with van der Waals surface area (Å²) in [6.45, 7) is 6.80. The lowest BCUT2D eigenvalue weighted by Gasteiger charge is -2.21. The largest absolute Gasteiger partial charge is 0.308 e. The summed E-state index contributed by atoms with van der Waals surface area (Å²) in [5, 5.41) is 0. The van der Waals surface area contributed by atoms with Crippen LogP contribution in [0.1, 0.15) is 35.3 Å². The van der Waals surface area contributed by atoms with Crippen LogP contribution in [0.2, 0.25) is 0 Å². The highest BCUT2D eigenvalue weighted by atomic mass is 32.2. The Morgan fingerprint density at radius 1 is 1.12 bits per heavy atom. The van der Waals surface area contributed by atoms with Gasteiger partial charge in [0.25, 0.3) is 5.91 Å². The van der Waals surface area contributed by atoms with Crippen LogP contribution in [0.25, 0.3) is 0 Å². The van der Waals surface area contributed by atoms with Crippen LogP contribution in [-0.2, 0) is 16.4 Å². The summed E-state index contributed by atoms with van der Waals surface area (Å²) in [7, 11) is -3.61. The average Bonchev–Trinajstić information content (AvgIpc) is 3.06. The topological polar surface area (TPSA) is 57.7 Å². The van der Waals surface area contributed by atoms with Gasteiger partial charge in [-0.25, -0.2) is 8.42 Å². The Bertz CT molecular complexity index is 934. The van der Waals surface area contributed by atoms with Crippen LogP contribution >= 0.6 is 0 Å². The highest BCUT2D eigenvalue weighted by Gasteiger charge is 2.28. The second-order valence-electron chi connectivity index (χ2n) is 6.41. The Balaban J connectivity index is 2.00. The van der Waals surface area contributed by atoms with Gasteiger partial charge < -0.3 is 4.90 Å². The van der Waals surface area contributed by atoms with E-state index >= 15 is 0 Å². The fourth-order valence-electron chi connectivity index (χ4n) is 3.42. The van der Waals surface area contributed by atoms with Gasteiger partial charge in [-0.15, -0.1) is 0 Å². The second-order valence-corrected chi connectivity index (χ2v) is 8.31. The maximum atomic E-state index is 13.0. The van der Waals surface area contributed by atoms with Gasteiger partial charge in [0.15, 0.2) is 0 Å². The molecule has 0 unspecified atom stereocenters. The van der Waals surface area contributed by atoms with E-state index in [9.17, 15) is 13.2 Å². The number of benzene rings is 2. The molecule has 0 fully saturated rings. The van der Waals surface area contributed by atoms with Gasteiger partial charge in [-0.3, -0.25) is 4.79 Å². The number of carbonyl (C=O) groups excluding carboxylic acids is 1. The molecule has 1 heterocycles. The van der Waals surface area contributed by atoms with E-state index in [0.717, 1.165) is 17.7 Å². The smallest absolute Gasteiger partial charge is 0.258 e. The van der Waals surface area contributed by atoms with E-state index in [0.29, 0.717) is 30.8 Å². The third-order valence-corrected chi connectivity index (χ3v) is 7.08. The highest BCUT2D eigenvalue weighted by molar-refractivity contribution is 7.89. The summed E-state index contributed by atoms with van der Waals surface area (Å²) in [5.74, 6) is -0.161. The van der Waals surface area contributed by atoms with Gasteiger partial charge in [0.05, 0.1) is 4.90 Å². The molecule has 138 valence electrons. The first-order valence-corrected chi connectivity index (χ1v) is 10.3. The summed E-state index contributed by atoms with van der Waals surface area (Å²) in [6, 6.07) is 12.8. The number of para-hydroxylation sites is 1. The number of anilines is 1. The van der Waals surface area contributed by atoms with Crippen molar-refractivity contribution in [1.82, 2.24) is 4.31 Å². The molecule has 3 rings (SSSR count). The van der Waals surface area contributed by atoms with Crippen molar-refractivity contribution < 1.29 is 13.2 Å². The highest BCUT2D eigenvalue weighted by Crippen LogP contribution is 2.30. The number of rotatable bonds is 5. The Labute approximate surface area is 155 Å². The number of hydrogen-bond donors (Lipinski definition) is 0. The van der Waals surface area contributed by atoms with E-state index in [-0.39, 0.29) is 10.8 Å². The van der Waals surface area contributed by atoms with Gasteiger partial charge in [0.1, 0.15) is 0 Å². The van der Waals surface area contributed by atoms with E-state index in [2.05, 4.69) is 0 Å². The lowest BCUT2D eigenvalue weighted by Crippen LogP contribution is -2.32. The molecule has 6 heteroatoms. The van der Waals surface area contributed by atoms with Crippen molar-refractivity contribution in [2.75, 3.05) is 24.5 Å². The van der Waals surface area contributed by atoms with Crippen LogP contribution in [0.3, 0.4) is 0 Å². The molecule has 0 atom stereocenters. The maximum Gasteiger partial charge on any atom is 0.258 e. The molecule has 1 aliphatic heterocycles. The molecular weight excluding hydrogens is 348 g/mol. The Morgan fingerprint density at radius 2 is 1.81 bits per heavy atom. The van der Waals surface area contributed by atoms with Crippen LogP contribution < -0.4 is 4.90 Å². The van der Waals surface area contributed by atoms with Crippen LogP contribution in [0.5, 0.6) is 0 Å². The molecule has 0 aromatic heterocycles. The molecule has 5 nitrogen and oxygen atoms in total. The zero-order chi connectivity index (χ0) is 18.9. The van der Waals surface area contributed by atoms with E-state index in [1.807, 2.05) is 38.1 Å². The van der Waals surface area contributed by atoms with Gasteiger partial charge in [-0.2, -0.15) is 4.31 Å². The Kier molecular flexibility index (Phi) is 5.16. The molecule has 1 aliphatic rings. The zero-order valence-electron chi connectivity index (χ0n) is 15.4. The third-order valence-electron chi connectivity index (χ3n) is 4.89. The molecule has 2 aromatic rings. The second kappa shape index (κ2) is 7.21.